The van der Waals surface area contributed by atoms with Crippen LogP contribution < -0.4 is 5.32 Å². The summed E-state index contributed by atoms with van der Waals surface area (Å²) in [6.07, 6.45) is 6.95. The third kappa shape index (κ3) is 2.44. The topological polar surface area (TPSA) is 25.2 Å². The molecule has 1 N–H and O–H groups in total. The third-order valence-corrected chi connectivity index (χ3v) is 4.05. The molecule has 1 heterocycles. The van der Waals surface area contributed by atoms with Crippen LogP contribution in [0.15, 0.2) is 16.7 Å². The van der Waals surface area contributed by atoms with Crippen molar-refractivity contribution >= 4 is 11.6 Å². The van der Waals surface area contributed by atoms with Crippen LogP contribution in [-0.2, 0) is 0 Å². The minimum absolute atomic E-state index is 0.342. The Balaban J connectivity index is 2.13. The second-order valence-electron chi connectivity index (χ2n) is 4.95. The summed E-state index contributed by atoms with van der Waals surface area (Å²) < 4.78 is 5.19. The van der Waals surface area contributed by atoms with E-state index in [1.807, 2.05) is 13.1 Å². The van der Waals surface area contributed by atoms with Gasteiger partial charge in [-0.15, -0.1) is 0 Å². The van der Waals surface area contributed by atoms with E-state index in [-0.39, 0.29) is 0 Å². The lowest BCUT2D eigenvalue weighted by molar-refractivity contribution is 0.229. The van der Waals surface area contributed by atoms with Crippen molar-refractivity contribution in [1.29, 1.82) is 0 Å². The van der Waals surface area contributed by atoms with Crippen molar-refractivity contribution in [1.82, 2.24) is 5.32 Å². The SMILES string of the molecule is CNC(c1ccoc1Cl)C1CCCC(C)C1. The molecule has 1 saturated carbocycles. The Morgan fingerprint density at radius 3 is 2.88 bits per heavy atom. The monoisotopic (exact) mass is 241 g/mol. The van der Waals surface area contributed by atoms with Gasteiger partial charge < -0.3 is 9.73 Å². The maximum absolute atomic E-state index is 6.06. The Labute approximate surface area is 102 Å². The van der Waals surface area contributed by atoms with Crippen molar-refractivity contribution in [3.8, 4) is 0 Å². The van der Waals surface area contributed by atoms with Crippen LogP contribution in [0, 0.1) is 11.8 Å². The molecule has 0 spiro atoms. The molecule has 1 aromatic rings. The van der Waals surface area contributed by atoms with Crippen LogP contribution in [0.3, 0.4) is 0 Å². The zero-order chi connectivity index (χ0) is 11.5. The second-order valence-corrected chi connectivity index (χ2v) is 5.29. The van der Waals surface area contributed by atoms with Crippen LogP contribution in [0.4, 0.5) is 0 Å². The van der Waals surface area contributed by atoms with Crippen LogP contribution in [0.1, 0.15) is 44.2 Å². The molecule has 1 aliphatic carbocycles. The van der Waals surface area contributed by atoms with Gasteiger partial charge >= 0.3 is 0 Å². The van der Waals surface area contributed by atoms with E-state index in [4.69, 9.17) is 16.0 Å². The molecule has 3 heteroatoms. The number of furan rings is 1. The molecule has 0 aromatic carbocycles. The van der Waals surface area contributed by atoms with E-state index in [0.717, 1.165) is 11.5 Å². The fraction of sp³-hybridized carbons (Fsp3) is 0.692. The number of rotatable bonds is 3. The lowest BCUT2D eigenvalue weighted by Gasteiger charge is -2.32. The first-order chi connectivity index (χ1) is 7.72. The normalized spacial score (nSPS) is 27.9. The molecule has 90 valence electrons. The van der Waals surface area contributed by atoms with Gasteiger partial charge in [-0.2, -0.15) is 0 Å². The van der Waals surface area contributed by atoms with Gasteiger partial charge in [-0.05, 0) is 49.4 Å². The first-order valence-electron chi connectivity index (χ1n) is 6.12. The van der Waals surface area contributed by atoms with Gasteiger partial charge in [0.25, 0.3) is 0 Å². The van der Waals surface area contributed by atoms with Crippen molar-refractivity contribution in [2.45, 2.75) is 38.6 Å². The lowest BCUT2D eigenvalue weighted by atomic mass is 9.77. The predicted molar refractivity (Wildman–Crippen MR) is 66.6 cm³/mol. The van der Waals surface area contributed by atoms with Gasteiger partial charge in [-0.1, -0.05) is 19.8 Å². The first kappa shape index (κ1) is 12.0. The summed E-state index contributed by atoms with van der Waals surface area (Å²) in [6.45, 7) is 2.34. The summed E-state index contributed by atoms with van der Waals surface area (Å²) in [5.74, 6) is 1.52. The van der Waals surface area contributed by atoms with Crippen molar-refractivity contribution in [3.63, 3.8) is 0 Å². The number of hydrogen-bond donors (Lipinski definition) is 1. The van der Waals surface area contributed by atoms with Crippen LogP contribution in [-0.4, -0.2) is 7.05 Å². The fourth-order valence-electron chi connectivity index (χ4n) is 2.96. The van der Waals surface area contributed by atoms with Gasteiger partial charge in [-0.25, -0.2) is 0 Å². The summed E-state index contributed by atoms with van der Waals surface area (Å²) in [5.41, 5.74) is 1.11. The van der Waals surface area contributed by atoms with Crippen LogP contribution in [0.25, 0.3) is 0 Å². The molecule has 1 aromatic heterocycles. The molecule has 0 radical (unpaired) electrons. The van der Waals surface area contributed by atoms with E-state index in [1.54, 1.807) is 6.26 Å². The first-order valence-corrected chi connectivity index (χ1v) is 6.50. The lowest BCUT2D eigenvalue weighted by Crippen LogP contribution is -2.28. The second kappa shape index (κ2) is 5.24. The average molecular weight is 242 g/mol. The van der Waals surface area contributed by atoms with E-state index < -0.39 is 0 Å². The van der Waals surface area contributed by atoms with E-state index in [1.165, 1.54) is 25.7 Å². The van der Waals surface area contributed by atoms with E-state index >= 15 is 0 Å². The summed E-state index contributed by atoms with van der Waals surface area (Å²) in [4.78, 5) is 0. The molecule has 0 aliphatic heterocycles. The molecule has 3 unspecified atom stereocenters. The largest absolute Gasteiger partial charge is 0.453 e. The molecule has 0 bridgehead atoms. The van der Waals surface area contributed by atoms with Gasteiger partial charge in [0.1, 0.15) is 0 Å². The third-order valence-electron chi connectivity index (χ3n) is 3.74. The van der Waals surface area contributed by atoms with E-state index in [0.29, 0.717) is 17.2 Å². The molecular formula is C13H20ClNO. The average Bonchev–Trinajstić information content (AvgIpc) is 2.67. The molecule has 1 fully saturated rings. The summed E-state index contributed by atoms with van der Waals surface area (Å²) in [6, 6.07) is 2.33. The van der Waals surface area contributed by atoms with Gasteiger partial charge in [0, 0.05) is 11.6 Å². The van der Waals surface area contributed by atoms with Gasteiger partial charge in [0.15, 0.2) is 5.22 Å². The highest BCUT2D eigenvalue weighted by molar-refractivity contribution is 6.29. The van der Waals surface area contributed by atoms with Crippen molar-refractivity contribution < 1.29 is 4.42 Å². The maximum atomic E-state index is 6.06. The van der Waals surface area contributed by atoms with Crippen molar-refractivity contribution in [2.24, 2.45) is 11.8 Å². The highest BCUT2D eigenvalue weighted by Gasteiger charge is 2.28. The van der Waals surface area contributed by atoms with E-state index in [9.17, 15) is 0 Å². The quantitative estimate of drug-likeness (QED) is 0.865. The Morgan fingerprint density at radius 1 is 1.50 bits per heavy atom. The van der Waals surface area contributed by atoms with Gasteiger partial charge in [0.05, 0.1) is 6.26 Å². The molecule has 2 rings (SSSR count). The molecule has 1 aliphatic rings. The Hall–Kier alpha value is -0.470. The van der Waals surface area contributed by atoms with Crippen LogP contribution in [0.2, 0.25) is 5.22 Å². The summed E-state index contributed by atoms with van der Waals surface area (Å²) in [5, 5.41) is 3.93. The highest BCUT2D eigenvalue weighted by Crippen LogP contribution is 2.39. The minimum Gasteiger partial charge on any atom is -0.453 e. The molecule has 0 amide bonds. The van der Waals surface area contributed by atoms with E-state index in [2.05, 4.69) is 12.2 Å². The predicted octanol–water partition coefficient (Wildman–Crippen LogP) is 4.02. The Bertz CT molecular complexity index is 336. The maximum Gasteiger partial charge on any atom is 0.197 e. The highest BCUT2D eigenvalue weighted by atomic mass is 35.5. The molecule has 2 nitrogen and oxygen atoms in total. The van der Waals surface area contributed by atoms with Gasteiger partial charge in [-0.3, -0.25) is 0 Å². The fourth-order valence-corrected chi connectivity index (χ4v) is 3.19. The minimum atomic E-state index is 0.342. The van der Waals surface area contributed by atoms with Crippen molar-refractivity contribution in [3.05, 3.63) is 23.1 Å². The Morgan fingerprint density at radius 2 is 2.31 bits per heavy atom. The summed E-state index contributed by atoms with van der Waals surface area (Å²) >= 11 is 6.06. The van der Waals surface area contributed by atoms with Crippen LogP contribution in [0.5, 0.6) is 0 Å². The number of hydrogen-bond acceptors (Lipinski definition) is 2. The van der Waals surface area contributed by atoms with Crippen LogP contribution >= 0.6 is 11.6 Å². The Kier molecular flexibility index (Phi) is 3.93. The van der Waals surface area contributed by atoms with Crippen molar-refractivity contribution in [2.75, 3.05) is 7.05 Å². The molecule has 0 saturated heterocycles. The summed E-state index contributed by atoms with van der Waals surface area (Å²) in [7, 11) is 2.01. The zero-order valence-electron chi connectivity index (χ0n) is 10.0. The standard InChI is InChI=1S/C13H20ClNO/c1-9-4-3-5-10(8-9)12(15-2)11-6-7-16-13(11)14/h6-7,9-10,12,15H,3-5,8H2,1-2H3. The molecule has 16 heavy (non-hydrogen) atoms. The number of nitrogens with one attached hydrogen (secondary N) is 1. The zero-order valence-corrected chi connectivity index (χ0v) is 10.8. The smallest absolute Gasteiger partial charge is 0.197 e. The molecule has 3 atom stereocenters. The van der Waals surface area contributed by atoms with Gasteiger partial charge in [0.2, 0.25) is 0 Å². The number of halogens is 1. The molecular weight excluding hydrogens is 222 g/mol.